The number of carbonyl (C=O) groups is 1. The first-order chi connectivity index (χ1) is 10.2. The molecule has 5 nitrogen and oxygen atoms in total. The number of primary amides is 1. The second-order valence-corrected chi connectivity index (χ2v) is 5.31. The molecule has 21 heavy (non-hydrogen) atoms. The Morgan fingerprint density at radius 2 is 2.10 bits per heavy atom. The smallest absolute Gasteiger partial charge is 0.220 e. The summed E-state index contributed by atoms with van der Waals surface area (Å²) >= 11 is 0. The van der Waals surface area contributed by atoms with E-state index in [9.17, 15) is 10.1 Å². The van der Waals surface area contributed by atoms with Crippen LogP contribution in [0, 0.1) is 17.2 Å². The molecular weight excluding hydrogens is 264 g/mol. The van der Waals surface area contributed by atoms with Gasteiger partial charge in [0.05, 0.1) is 11.1 Å². The van der Waals surface area contributed by atoms with Crippen molar-refractivity contribution in [3.63, 3.8) is 0 Å². The SMILES string of the molecule is N#Cc1ccc(N2CCC(C(N)=O)CC2)c2cccnc12. The summed E-state index contributed by atoms with van der Waals surface area (Å²) in [5, 5.41) is 10.2. The van der Waals surface area contributed by atoms with E-state index in [1.165, 1.54) is 0 Å². The van der Waals surface area contributed by atoms with Crippen LogP contribution in [0.25, 0.3) is 10.9 Å². The maximum atomic E-state index is 11.3. The summed E-state index contributed by atoms with van der Waals surface area (Å²) < 4.78 is 0. The van der Waals surface area contributed by atoms with Crippen LogP contribution in [0.4, 0.5) is 5.69 Å². The van der Waals surface area contributed by atoms with Gasteiger partial charge in [-0.2, -0.15) is 5.26 Å². The third kappa shape index (κ3) is 2.40. The highest BCUT2D eigenvalue weighted by molar-refractivity contribution is 5.95. The van der Waals surface area contributed by atoms with Gasteiger partial charge in [-0.3, -0.25) is 9.78 Å². The molecule has 1 amide bonds. The van der Waals surface area contributed by atoms with Crippen molar-refractivity contribution in [1.82, 2.24) is 4.98 Å². The van der Waals surface area contributed by atoms with Crippen molar-refractivity contribution in [3.05, 3.63) is 36.0 Å². The predicted molar refractivity (Wildman–Crippen MR) is 80.6 cm³/mol. The lowest BCUT2D eigenvalue weighted by Crippen LogP contribution is -2.38. The third-order valence-corrected chi connectivity index (χ3v) is 4.11. The second-order valence-electron chi connectivity index (χ2n) is 5.31. The predicted octanol–water partition coefficient (Wildman–Crippen LogP) is 1.81. The summed E-state index contributed by atoms with van der Waals surface area (Å²) in [5.74, 6) is -0.231. The van der Waals surface area contributed by atoms with Crippen LogP contribution in [0.3, 0.4) is 0 Å². The van der Waals surface area contributed by atoms with Gasteiger partial charge < -0.3 is 10.6 Å². The Kier molecular flexibility index (Phi) is 3.44. The van der Waals surface area contributed by atoms with E-state index in [4.69, 9.17) is 5.73 Å². The fourth-order valence-electron chi connectivity index (χ4n) is 2.93. The number of nitrogens with two attached hydrogens (primary N) is 1. The van der Waals surface area contributed by atoms with Gasteiger partial charge in [0, 0.05) is 36.3 Å². The van der Waals surface area contributed by atoms with Crippen LogP contribution in [0.1, 0.15) is 18.4 Å². The Bertz CT molecular complexity index is 727. The molecule has 0 unspecified atom stereocenters. The number of aromatic nitrogens is 1. The van der Waals surface area contributed by atoms with Crippen molar-refractivity contribution in [2.24, 2.45) is 11.7 Å². The van der Waals surface area contributed by atoms with Crippen LogP contribution < -0.4 is 10.6 Å². The summed E-state index contributed by atoms with van der Waals surface area (Å²) in [6, 6.07) is 9.82. The zero-order valence-electron chi connectivity index (χ0n) is 11.6. The minimum Gasteiger partial charge on any atom is -0.371 e. The topological polar surface area (TPSA) is 83.0 Å². The molecule has 1 fully saturated rings. The van der Waals surface area contributed by atoms with Crippen LogP contribution in [0.2, 0.25) is 0 Å². The number of nitriles is 1. The Hall–Kier alpha value is -2.61. The van der Waals surface area contributed by atoms with Crippen molar-refractivity contribution < 1.29 is 4.79 Å². The first kappa shape index (κ1) is 13.4. The van der Waals surface area contributed by atoms with Crippen LogP contribution in [0.15, 0.2) is 30.5 Å². The molecule has 1 aromatic carbocycles. The first-order valence-corrected chi connectivity index (χ1v) is 7.03. The Morgan fingerprint density at radius 1 is 1.33 bits per heavy atom. The molecular formula is C16H16N4O. The standard InChI is InChI=1S/C16H16N4O/c17-10-12-3-4-14(13-2-1-7-19-15(12)13)20-8-5-11(6-9-20)16(18)21/h1-4,7,11H,5-6,8-9H2,(H2,18,21). The molecule has 0 spiro atoms. The molecule has 1 saturated heterocycles. The second kappa shape index (κ2) is 5.41. The minimum absolute atomic E-state index is 0.0241. The van der Waals surface area contributed by atoms with Gasteiger partial charge in [-0.1, -0.05) is 0 Å². The van der Waals surface area contributed by atoms with E-state index in [0.717, 1.165) is 42.5 Å². The highest BCUT2D eigenvalue weighted by Gasteiger charge is 2.24. The number of piperidine rings is 1. The molecule has 5 heteroatoms. The molecule has 106 valence electrons. The molecule has 1 aliphatic rings. The number of rotatable bonds is 2. The van der Waals surface area contributed by atoms with E-state index in [2.05, 4.69) is 16.0 Å². The zero-order valence-corrected chi connectivity index (χ0v) is 11.6. The molecule has 0 bridgehead atoms. The van der Waals surface area contributed by atoms with Crippen molar-refractivity contribution >= 4 is 22.5 Å². The van der Waals surface area contributed by atoms with Gasteiger partial charge in [0.15, 0.2) is 0 Å². The Balaban J connectivity index is 1.96. The average molecular weight is 280 g/mol. The number of hydrogen-bond donors (Lipinski definition) is 1. The fourth-order valence-corrected chi connectivity index (χ4v) is 2.93. The molecule has 2 heterocycles. The van der Waals surface area contributed by atoms with Crippen LogP contribution >= 0.6 is 0 Å². The van der Waals surface area contributed by atoms with E-state index >= 15 is 0 Å². The summed E-state index contributed by atoms with van der Waals surface area (Å²) in [7, 11) is 0. The highest BCUT2D eigenvalue weighted by Crippen LogP contribution is 2.30. The molecule has 1 aliphatic heterocycles. The Morgan fingerprint density at radius 3 is 2.76 bits per heavy atom. The molecule has 1 aromatic heterocycles. The normalized spacial score (nSPS) is 15.9. The number of nitrogens with zero attached hydrogens (tertiary/aromatic N) is 3. The number of fused-ring (bicyclic) bond motifs is 1. The van der Waals surface area contributed by atoms with Gasteiger partial charge in [0.1, 0.15) is 6.07 Å². The number of pyridine rings is 1. The lowest BCUT2D eigenvalue weighted by molar-refractivity contribution is -0.122. The van der Waals surface area contributed by atoms with E-state index in [1.807, 2.05) is 24.3 Å². The molecule has 2 aromatic rings. The largest absolute Gasteiger partial charge is 0.371 e. The van der Waals surface area contributed by atoms with Crippen LogP contribution in [0.5, 0.6) is 0 Å². The van der Waals surface area contributed by atoms with Gasteiger partial charge in [0.2, 0.25) is 5.91 Å². The molecule has 0 radical (unpaired) electrons. The van der Waals surface area contributed by atoms with E-state index < -0.39 is 0 Å². The van der Waals surface area contributed by atoms with Crippen molar-refractivity contribution in [2.75, 3.05) is 18.0 Å². The van der Waals surface area contributed by atoms with Gasteiger partial charge in [0.25, 0.3) is 0 Å². The summed E-state index contributed by atoms with van der Waals surface area (Å²) in [6.45, 7) is 1.59. The summed E-state index contributed by atoms with van der Waals surface area (Å²) in [4.78, 5) is 17.8. The van der Waals surface area contributed by atoms with Crippen LogP contribution in [-0.2, 0) is 4.79 Å². The molecule has 0 aliphatic carbocycles. The quantitative estimate of drug-likeness (QED) is 0.909. The van der Waals surface area contributed by atoms with Gasteiger partial charge in [-0.05, 0) is 37.1 Å². The van der Waals surface area contributed by atoms with Gasteiger partial charge in [-0.15, -0.1) is 0 Å². The maximum Gasteiger partial charge on any atom is 0.220 e. The minimum atomic E-state index is -0.207. The number of amides is 1. The van der Waals surface area contributed by atoms with E-state index in [-0.39, 0.29) is 11.8 Å². The van der Waals surface area contributed by atoms with Gasteiger partial charge in [-0.25, -0.2) is 0 Å². The molecule has 3 rings (SSSR count). The van der Waals surface area contributed by atoms with Crippen molar-refractivity contribution in [2.45, 2.75) is 12.8 Å². The fraction of sp³-hybridized carbons (Fsp3) is 0.312. The van der Waals surface area contributed by atoms with Crippen molar-refractivity contribution in [1.29, 1.82) is 5.26 Å². The number of anilines is 1. The van der Waals surface area contributed by atoms with E-state index in [1.54, 1.807) is 6.20 Å². The molecule has 0 atom stereocenters. The highest BCUT2D eigenvalue weighted by atomic mass is 16.1. The number of carbonyl (C=O) groups excluding carboxylic acids is 1. The summed E-state index contributed by atoms with van der Waals surface area (Å²) in [5.41, 5.74) is 7.76. The number of hydrogen-bond acceptors (Lipinski definition) is 4. The van der Waals surface area contributed by atoms with Crippen LogP contribution in [-0.4, -0.2) is 24.0 Å². The van der Waals surface area contributed by atoms with E-state index in [0.29, 0.717) is 5.56 Å². The third-order valence-electron chi connectivity index (χ3n) is 4.11. The molecule has 2 N–H and O–H groups in total. The average Bonchev–Trinajstić information content (AvgIpc) is 2.54. The first-order valence-electron chi connectivity index (χ1n) is 7.03. The monoisotopic (exact) mass is 280 g/mol. The lowest BCUT2D eigenvalue weighted by Gasteiger charge is -2.33. The van der Waals surface area contributed by atoms with Gasteiger partial charge >= 0.3 is 0 Å². The molecule has 0 saturated carbocycles. The summed E-state index contributed by atoms with van der Waals surface area (Å²) in [6.07, 6.45) is 3.25. The lowest BCUT2D eigenvalue weighted by atomic mass is 9.95. The van der Waals surface area contributed by atoms with Crippen molar-refractivity contribution in [3.8, 4) is 6.07 Å². The zero-order chi connectivity index (χ0) is 14.8. The maximum absolute atomic E-state index is 11.3. The number of benzene rings is 1. The Labute approximate surface area is 123 Å².